The Labute approximate surface area is 146 Å². The molecule has 1 N–H and O–H groups in total. The van der Waals surface area contributed by atoms with Crippen LogP contribution < -0.4 is 5.32 Å². The molecule has 0 aromatic rings. The fourth-order valence-electron chi connectivity index (χ4n) is 3.23. The maximum atomic E-state index is 12.2. The second-order valence-electron chi connectivity index (χ2n) is 7.81. The van der Waals surface area contributed by atoms with Gasteiger partial charge in [-0.25, -0.2) is 8.42 Å². The molecule has 7 nitrogen and oxygen atoms in total. The second kappa shape index (κ2) is 7.17. The Morgan fingerprint density at radius 2 is 1.88 bits per heavy atom. The largest absolute Gasteiger partial charge is 0.379 e. The van der Waals surface area contributed by atoms with E-state index in [-0.39, 0.29) is 11.3 Å². The third-order valence-electron chi connectivity index (χ3n) is 5.10. The van der Waals surface area contributed by atoms with Crippen LogP contribution >= 0.6 is 0 Å². The molecule has 0 amide bonds. The highest BCUT2D eigenvalue weighted by molar-refractivity contribution is 7.92. The monoisotopic (exact) mass is 360 g/mol. The molecule has 140 valence electrons. The van der Waals surface area contributed by atoms with Crippen molar-refractivity contribution in [1.29, 1.82) is 0 Å². The highest BCUT2D eigenvalue weighted by atomic mass is 32.2. The molecule has 0 spiro atoms. The molecule has 0 aromatic heterocycles. The van der Waals surface area contributed by atoms with Crippen LogP contribution in [-0.2, 0) is 14.6 Å². The van der Waals surface area contributed by atoms with Crippen molar-refractivity contribution in [3.8, 4) is 0 Å². The van der Waals surface area contributed by atoms with Gasteiger partial charge in [-0.2, -0.15) is 0 Å². The minimum Gasteiger partial charge on any atom is -0.379 e. The zero-order valence-corrected chi connectivity index (χ0v) is 16.4. The van der Waals surface area contributed by atoms with Gasteiger partial charge in [0.05, 0.1) is 23.7 Å². The number of nitrogens with one attached hydrogen (secondary N) is 1. The van der Waals surface area contributed by atoms with E-state index in [1.807, 2.05) is 0 Å². The van der Waals surface area contributed by atoms with E-state index in [4.69, 9.17) is 4.74 Å². The summed E-state index contributed by atoms with van der Waals surface area (Å²) < 4.78 is 29.0. The Morgan fingerprint density at radius 1 is 1.25 bits per heavy atom. The normalized spacial score (nSPS) is 25.5. The van der Waals surface area contributed by atoms with Crippen molar-refractivity contribution < 1.29 is 13.2 Å². The van der Waals surface area contributed by atoms with Gasteiger partial charge in [0.25, 0.3) is 0 Å². The van der Waals surface area contributed by atoms with Crippen molar-refractivity contribution in [2.24, 2.45) is 4.99 Å². The van der Waals surface area contributed by atoms with Crippen LogP contribution in [0.15, 0.2) is 4.99 Å². The smallest absolute Gasteiger partial charge is 0.193 e. The van der Waals surface area contributed by atoms with Gasteiger partial charge in [0.15, 0.2) is 15.8 Å². The number of aliphatic imine (C=N–C) groups is 1. The van der Waals surface area contributed by atoms with Crippen LogP contribution in [0.25, 0.3) is 0 Å². The van der Waals surface area contributed by atoms with E-state index in [0.717, 1.165) is 38.8 Å². The summed E-state index contributed by atoms with van der Waals surface area (Å²) >= 11 is 0. The molecule has 0 bridgehead atoms. The number of guanidine groups is 1. The van der Waals surface area contributed by atoms with Crippen molar-refractivity contribution in [1.82, 2.24) is 15.1 Å². The van der Waals surface area contributed by atoms with Gasteiger partial charge in [-0.3, -0.25) is 9.89 Å². The molecule has 0 aromatic carbocycles. The zero-order chi connectivity index (χ0) is 18.0. The molecule has 2 saturated heterocycles. The molecule has 2 heterocycles. The van der Waals surface area contributed by atoms with Crippen molar-refractivity contribution in [2.45, 2.75) is 38.0 Å². The molecule has 8 heteroatoms. The predicted octanol–water partition coefficient (Wildman–Crippen LogP) is 0.182. The van der Waals surface area contributed by atoms with E-state index >= 15 is 0 Å². The Morgan fingerprint density at radius 3 is 2.42 bits per heavy atom. The molecule has 0 unspecified atom stereocenters. The first-order valence-electron chi connectivity index (χ1n) is 8.60. The predicted molar refractivity (Wildman–Crippen MR) is 97.3 cm³/mol. The molecular formula is C16H32N4O3S. The number of hydrogen-bond acceptors (Lipinski definition) is 5. The summed E-state index contributed by atoms with van der Waals surface area (Å²) in [6, 6.07) is 0. The Hall–Kier alpha value is -0.860. The Kier molecular flexibility index (Phi) is 5.82. The van der Waals surface area contributed by atoms with Crippen molar-refractivity contribution in [3.63, 3.8) is 0 Å². The first-order chi connectivity index (χ1) is 11.1. The molecule has 2 aliphatic heterocycles. The summed E-state index contributed by atoms with van der Waals surface area (Å²) in [5.41, 5.74) is -0.0168. The number of hydrogen-bond donors (Lipinski definition) is 1. The quantitative estimate of drug-likeness (QED) is 0.572. The fraction of sp³-hybridized carbons (Fsp3) is 0.938. The molecule has 2 aliphatic rings. The third-order valence-corrected chi connectivity index (χ3v) is 7.63. The number of morpholine rings is 1. The summed E-state index contributed by atoms with van der Waals surface area (Å²) in [4.78, 5) is 8.84. The van der Waals surface area contributed by atoms with Gasteiger partial charge in [-0.05, 0) is 27.7 Å². The fourth-order valence-corrected chi connectivity index (χ4v) is 4.60. The maximum absolute atomic E-state index is 12.2. The zero-order valence-electron chi connectivity index (χ0n) is 15.6. The molecule has 2 rings (SSSR count). The lowest BCUT2D eigenvalue weighted by Gasteiger charge is -2.43. The van der Waals surface area contributed by atoms with E-state index in [1.165, 1.54) is 0 Å². The molecule has 2 fully saturated rings. The summed E-state index contributed by atoms with van der Waals surface area (Å²) in [6.07, 6.45) is 0. The van der Waals surface area contributed by atoms with Gasteiger partial charge in [0, 0.05) is 45.3 Å². The topological polar surface area (TPSA) is 74.2 Å². The van der Waals surface area contributed by atoms with Gasteiger partial charge in [-0.15, -0.1) is 0 Å². The van der Waals surface area contributed by atoms with Crippen LogP contribution in [0.4, 0.5) is 0 Å². The Bertz CT molecular complexity index is 566. The van der Waals surface area contributed by atoms with E-state index in [0.29, 0.717) is 13.1 Å². The van der Waals surface area contributed by atoms with Gasteiger partial charge < -0.3 is 15.0 Å². The van der Waals surface area contributed by atoms with Crippen molar-refractivity contribution >= 4 is 15.8 Å². The highest BCUT2D eigenvalue weighted by Gasteiger charge is 2.41. The summed E-state index contributed by atoms with van der Waals surface area (Å²) in [7, 11) is -1.29. The lowest BCUT2D eigenvalue weighted by atomic mass is 10.0. The van der Waals surface area contributed by atoms with E-state index in [2.05, 4.69) is 34.0 Å². The molecule has 0 aliphatic carbocycles. The van der Waals surface area contributed by atoms with Crippen molar-refractivity contribution in [3.05, 3.63) is 0 Å². The lowest BCUT2D eigenvalue weighted by Crippen LogP contribution is -2.60. The van der Waals surface area contributed by atoms with E-state index in [9.17, 15) is 8.42 Å². The average Bonchev–Trinajstić information content (AvgIpc) is 2.52. The minimum absolute atomic E-state index is 0.0168. The van der Waals surface area contributed by atoms with Crippen LogP contribution in [-0.4, -0.2) is 93.2 Å². The van der Waals surface area contributed by atoms with Gasteiger partial charge in [0.2, 0.25) is 0 Å². The first-order valence-corrected chi connectivity index (χ1v) is 10.2. The van der Waals surface area contributed by atoms with E-state index < -0.39 is 14.6 Å². The van der Waals surface area contributed by atoms with Gasteiger partial charge in [0.1, 0.15) is 0 Å². The van der Waals surface area contributed by atoms with Crippen LogP contribution in [0, 0.1) is 0 Å². The van der Waals surface area contributed by atoms with Crippen LogP contribution in [0.2, 0.25) is 0 Å². The van der Waals surface area contributed by atoms with Gasteiger partial charge >= 0.3 is 0 Å². The highest BCUT2D eigenvalue weighted by Crippen LogP contribution is 2.24. The maximum Gasteiger partial charge on any atom is 0.193 e. The molecule has 24 heavy (non-hydrogen) atoms. The molecular weight excluding hydrogens is 328 g/mol. The molecule has 0 radical (unpaired) electrons. The second-order valence-corrected chi connectivity index (χ2v) is 10.6. The molecule has 0 atom stereocenters. The van der Waals surface area contributed by atoms with Crippen LogP contribution in [0.5, 0.6) is 0 Å². The summed E-state index contributed by atoms with van der Waals surface area (Å²) in [5, 5.41) is 3.44. The first kappa shape index (κ1) is 19.5. The summed E-state index contributed by atoms with van der Waals surface area (Å²) in [6.45, 7) is 13.1. The number of ether oxygens (including phenoxy) is 1. The number of nitrogens with zero attached hydrogens (tertiary/aromatic N) is 3. The van der Waals surface area contributed by atoms with Gasteiger partial charge in [-0.1, -0.05) is 0 Å². The van der Waals surface area contributed by atoms with Crippen LogP contribution in [0.3, 0.4) is 0 Å². The molecule has 0 saturated carbocycles. The van der Waals surface area contributed by atoms with Crippen molar-refractivity contribution in [2.75, 3.05) is 58.7 Å². The van der Waals surface area contributed by atoms with E-state index in [1.54, 1.807) is 20.9 Å². The Balaban J connectivity index is 1.98. The number of sulfone groups is 1. The average molecular weight is 361 g/mol. The number of rotatable bonds is 3. The lowest BCUT2D eigenvalue weighted by molar-refractivity contribution is -0.00849. The summed E-state index contributed by atoms with van der Waals surface area (Å²) in [5.74, 6) is 0.951. The standard InChI is InChI=1S/C16H32N4O3S/c1-15(2,20-6-9-23-10-7-20)12-18-14(17-5)19-8-11-24(21,22)16(3,4)13-19/h6-13H2,1-5H3,(H,17,18). The SMILES string of the molecule is CN=C(NCC(C)(C)N1CCOCC1)N1CCS(=O)(=O)C(C)(C)C1. The third kappa shape index (κ3) is 4.21. The minimum atomic E-state index is -3.04. The van der Waals surface area contributed by atoms with Crippen LogP contribution in [0.1, 0.15) is 27.7 Å².